The lowest BCUT2D eigenvalue weighted by Crippen LogP contribution is -2.32. The molecular weight excluding hydrogens is 164 g/mol. The van der Waals surface area contributed by atoms with Crippen molar-refractivity contribution in [3.8, 4) is 0 Å². The molecule has 1 aliphatic rings. The van der Waals surface area contributed by atoms with Crippen LogP contribution in [0.5, 0.6) is 0 Å². The maximum absolute atomic E-state index is 5.58. The van der Waals surface area contributed by atoms with Gasteiger partial charge in [-0.15, -0.1) is 0 Å². The first-order chi connectivity index (χ1) is 4.67. The summed E-state index contributed by atoms with van der Waals surface area (Å²) in [6.45, 7) is 7.40. The molecule has 1 atom stereocenters. The number of hydrogen-bond acceptors (Lipinski definition) is 3. The average molecular weight is 178 g/mol. The largest absolute Gasteiger partial charge is 0.376 e. The average Bonchev–Trinajstić information content (AvgIpc) is 2.13. The molecule has 0 aromatic heterocycles. The highest BCUT2D eigenvalue weighted by molar-refractivity contribution is 8.77. The molecule has 1 aliphatic heterocycles. The molecule has 0 bridgehead atoms. The molecule has 0 aromatic rings. The molecule has 10 heavy (non-hydrogen) atoms. The molecule has 0 radical (unpaired) electrons. The van der Waals surface area contributed by atoms with Gasteiger partial charge in [0.1, 0.15) is 0 Å². The van der Waals surface area contributed by atoms with E-state index in [9.17, 15) is 0 Å². The SMILES string of the molecule is CCOC1CSSC1(C)C. The first-order valence-corrected chi connectivity index (χ1v) is 5.91. The molecule has 60 valence electrons. The van der Waals surface area contributed by atoms with Crippen molar-refractivity contribution in [3.63, 3.8) is 0 Å². The van der Waals surface area contributed by atoms with Gasteiger partial charge in [0, 0.05) is 17.1 Å². The van der Waals surface area contributed by atoms with Crippen LogP contribution in [0, 0.1) is 0 Å². The monoisotopic (exact) mass is 178 g/mol. The van der Waals surface area contributed by atoms with Crippen molar-refractivity contribution in [2.24, 2.45) is 0 Å². The Bertz CT molecular complexity index is 114. The molecule has 0 aliphatic carbocycles. The summed E-state index contributed by atoms with van der Waals surface area (Å²) in [6.07, 6.45) is 0.451. The lowest BCUT2D eigenvalue weighted by Gasteiger charge is -2.23. The molecule has 1 heterocycles. The summed E-state index contributed by atoms with van der Waals surface area (Å²) in [6, 6.07) is 0. The van der Waals surface area contributed by atoms with Gasteiger partial charge in [0.2, 0.25) is 0 Å². The minimum atomic E-state index is 0.320. The van der Waals surface area contributed by atoms with Crippen LogP contribution >= 0.6 is 21.6 Å². The summed E-state index contributed by atoms with van der Waals surface area (Å²) in [4.78, 5) is 0. The zero-order valence-corrected chi connectivity index (χ0v) is 8.35. The molecule has 0 aromatic carbocycles. The van der Waals surface area contributed by atoms with E-state index in [1.165, 1.54) is 0 Å². The molecule has 0 N–H and O–H groups in total. The predicted octanol–water partition coefficient (Wildman–Crippen LogP) is 2.57. The first kappa shape index (κ1) is 8.75. The van der Waals surface area contributed by atoms with E-state index in [-0.39, 0.29) is 0 Å². The molecule has 0 amide bonds. The van der Waals surface area contributed by atoms with Crippen LogP contribution in [0.15, 0.2) is 0 Å². The van der Waals surface area contributed by atoms with E-state index in [4.69, 9.17) is 4.74 Å². The van der Waals surface area contributed by atoms with Crippen LogP contribution in [0.2, 0.25) is 0 Å². The van der Waals surface area contributed by atoms with E-state index >= 15 is 0 Å². The number of rotatable bonds is 2. The Balaban J connectivity index is 2.43. The van der Waals surface area contributed by atoms with E-state index < -0.39 is 0 Å². The molecule has 1 nitrogen and oxygen atoms in total. The minimum Gasteiger partial charge on any atom is -0.376 e. The zero-order chi connectivity index (χ0) is 7.61. The van der Waals surface area contributed by atoms with E-state index in [1.807, 2.05) is 21.6 Å². The Hall–Kier alpha value is 0.660. The highest BCUT2D eigenvalue weighted by Gasteiger charge is 2.36. The Morgan fingerprint density at radius 2 is 2.30 bits per heavy atom. The summed E-state index contributed by atoms with van der Waals surface area (Å²) in [5.74, 6) is 1.14. The third-order valence-electron chi connectivity index (χ3n) is 1.64. The van der Waals surface area contributed by atoms with Gasteiger partial charge >= 0.3 is 0 Å². The van der Waals surface area contributed by atoms with Crippen molar-refractivity contribution in [2.45, 2.75) is 31.6 Å². The summed E-state index contributed by atoms with van der Waals surface area (Å²) in [5, 5.41) is 0. The van der Waals surface area contributed by atoms with E-state index in [0.717, 1.165) is 12.4 Å². The fourth-order valence-electron chi connectivity index (χ4n) is 0.952. The van der Waals surface area contributed by atoms with Gasteiger partial charge in [0.05, 0.1) is 6.10 Å². The Labute approximate surface area is 70.7 Å². The van der Waals surface area contributed by atoms with E-state index in [2.05, 4.69) is 20.8 Å². The molecule has 3 heteroatoms. The lowest BCUT2D eigenvalue weighted by atomic mass is 10.1. The van der Waals surface area contributed by atoms with Crippen LogP contribution in [0.3, 0.4) is 0 Å². The maximum Gasteiger partial charge on any atom is 0.0823 e. The first-order valence-electron chi connectivity index (χ1n) is 3.59. The third-order valence-corrected chi connectivity index (χ3v) is 4.94. The number of hydrogen-bond donors (Lipinski definition) is 0. The van der Waals surface area contributed by atoms with Crippen LogP contribution in [-0.4, -0.2) is 23.2 Å². The van der Waals surface area contributed by atoms with Gasteiger partial charge in [-0.2, -0.15) is 0 Å². The highest BCUT2D eigenvalue weighted by Crippen LogP contribution is 2.47. The zero-order valence-electron chi connectivity index (χ0n) is 6.72. The number of ether oxygens (including phenoxy) is 1. The predicted molar refractivity (Wildman–Crippen MR) is 49.5 cm³/mol. The van der Waals surface area contributed by atoms with Crippen LogP contribution in [0.1, 0.15) is 20.8 Å². The molecule has 1 rings (SSSR count). The van der Waals surface area contributed by atoms with Crippen LogP contribution in [-0.2, 0) is 4.74 Å². The third kappa shape index (κ3) is 1.83. The standard InChI is InChI=1S/C7H14OS2/c1-4-8-6-5-9-10-7(6,2)3/h6H,4-5H2,1-3H3. The normalized spacial score (nSPS) is 30.9. The molecule has 1 fully saturated rings. The van der Waals surface area contributed by atoms with Crippen LogP contribution in [0.4, 0.5) is 0 Å². The summed E-state index contributed by atoms with van der Waals surface area (Å²) in [5.41, 5.74) is 0. The van der Waals surface area contributed by atoms with Crippen molar-refractivity contribution in [3.05, 3.63) is 0 Å². The van der Waals surface area contributed by atoms with E-state index in [0.29, 0.717) is 10.9 Å². The van der Waals surface area contributed by atoms with Gasteiger partial charge in [-0.25, -0.2) is 0 Å². The molecule has 1 unspecified atom stereocenters. The maximum atomic E-state index is 5.58. The topological polar surface area (TPSA) is 9.23 Å². The summed E-state index contributed by atoms with van der Waals surface area (Å²) >= 11 is 0. The van der Waals surface area contributed by atoms with Crippen molar-refractivity contribution >= 4 is 21.6 Å². The van der Waals surface area contributed by atoms with Crippen molar-refractivity contribution < 1.29 is 4.74 Å². The van der Waals surface area contributed by atoms with Gasteiger partial charge in [-0.3, -0.25) is 0 Å². The Kier molecular flexibility index (Phi) is 2.95. The van der Waals surface area contributed by atoms with Crippen LogP contribution in [0.25, 0.3) is 0 Å². The summed E-state index contributed by atoms with van der Waals surface area (Å²) in [7, 11) is 3.86. The second-order valence-electron chi connectivity index (χ2n) is 2.92. The smallest absolute Gasteiger partial charge is 0.0823 e. The molecular formula is C7H14OS2. The van der Waals surface area contributed by atoms with Crippen molar-refractivity contribution in [1.82, 2.24) is 0 Å². The van der Waals surface area contributed by atoms with Crippen molar-refractivity contribution in [2.75, 3.05) is 12.4 Å². The molecule has 0 spiro atoms. The van der Waals surface area contributed by atoms with Gasteiger partial charge in [-0.1, -0.05) is 21.6 Å². The Morgan fingerprint density at radius 1 is 1.60 bits per heavy atom. The van der Waals surface area contributed by atoms with Crippen LogP contribution < -0.4 is 0 Å². The fourth-order valence-corrected chi connectivity index (χ4v) is 4.13. The Morgan fingerprint density at radius 3 is 2.70 bits per heavy atom. The van der Waals surface area contributed by atoms with E-state index in [1.54, 1.807) is 0 Å². The second kappa shape index (κ2) is 3.37. The quantitative estimate of drug-likeness (QED) is 0.601. The summed E-state index contributed by atoms with van der Waals surface area (Å²) < 4.78 is 5.90. The molecule has 1 saturated heterocycles. The fraction of sp³-hybridized carbons (Fsp3) is 1.00. The van der Waals surface area contributed by atoms with Gasteiger partial charge in [0.25, 0.3) is 0 Å². The highest BCUT2D eigenvalue weighted by atomic mass is 33.1. The van der Waals surface area contributed by atoms with Gasteiger partial charge in [0.15, 0.2) is 0 Å². The van der Waals surface area contributed by atoms with Gasteiger partial charge < -0.3 is 4.74 Å². The molecule has 0 saturated carbocycles. The van der Waals surface area contributed by atoms with Gasteiger partial charge in [-0.05, 0) is 20.8 Å². The lowest BCUT2D eigenvalue weighted by molar-refractivity contribution is 0.0613. The second-order valence-corrected chi connectivity index (χ2v) is 5.91. The van der Waals surface area contributed by atoms with Crippen molar-refractivity contribution in [1.29, 1.82) is 0 Å². The minimum absolute atomic E-state index is 0.320.